The Hall–Kier alpha value is -6.10. The molecule has 0 amide bonds. The monoisotopic (exact) mass is 655 g/mol. The van der Waals surface area contributed by atoms with Crippen molar-refractivity contribution in [1.29, 1.82) is 0 Å². The summed E-state index contributed by atoms with van der Waals surface area (Å²) in [5.41, 5.74) is 14.3. The minimum absolute atomic E-state index is 0.434. The van der Waals surface area contributed by atoms with Gasteiger partial charge in [0, 0.05) is 27.1 Å². The first-order valence-corrected chi connectivity index (χ1v) is 17.7. The second-order valence-electron chi connectivity index (χ2n) is 12.7. The first kappa shape index (κ1) is 28.9. The standard InChI is InChI=1S/C46H29N3S/c1-2-14-30(15-3-1)45-48-41(29-42(49-45)40-23-12-13-27-47-40)35-19-5-4-16-32(35)31-25-26-44-39(28-31)46(38-22-10-11-24-43(38)50-44)36-20-8-6-17-33(36)34-18-7-9-21-37(34)46/h1-29H. The Kier molecular flexibility index (Phi) is 6.64. The Morgan fingerprint density at radius 2 is 0.980 bits per heavy atom. The smallest absolute Gasteiger partial charge is 0.160 e. The number of fused-ring (bicyclic) bond motifs is 9. The van der Waals surface area contributed by atoms with Crippen molar-refractivity contribution in [2.45, 2.75) is 15.2 Å². The van der Waals surface area contributed by atoms with Crippen LogP contribution in [0.2, 0.25) is 0 Å². The van der Waals surface area contributed by atoms with Crippen LogP contribution in [0.3, 0.4) is 0 Å². The minimum Gasteiger partial charge on any atom is -0.255 e. The van der Waals surface area contributed by atoms with Gasteiger partial charge in [-0.1, -0.05) is 145 Å². The third-order valence-electron chi connectivity index (χ3n) is 10.0. The molecule has 2 aromatic heterocycles. The van der Waals surface area contributed by atoms with Gasteiger partial charge in [0.05, 0.1) is 22.5 Å². The molecule has 0 bridgehead atoms. The molecule has 50 heavy (non-hydrogen) atoms. The molecule has 0 atom stereocenters. The molecule has 2 aliphatic rings. The van der Waals surface area contributed by atoms with Crippen LogP contribution in [-0.4, -0.2) is 15.0 Å². The van der Waals surface area contributed by atoms with Gasteiger partial charge in [-0.15, -0.1) is 0 Å². The number of pyridine rings is 1. The lowest BCUT2D eigenvalue weighted by Gasteiger charge is -2.40. The summed E-state index contributed by atoms with van der Waals surface area (Å²) in [5.74, 6) is 0.676. The van der Waals surface area contributed by atoms with E-state index < -0.39 is 5.41 Å². The summed E-state index contributed by atoms with van der Waals surface area (Å²) in [6.45, 7) is 0. The molecule has 234 valence electrons. The molecular weight excluding hydrogens is 627 g/mol. The molecular formula is C46H29N3S. The zero-order valence-corrected chi connectivity index (χ0v) is 27.8. The van der Waals surface area contributed by atoms with E-state index >= 15 is 0 Å². The number of hydrogen-bond donors (Lipinski definition) is 0. The van der Waals surface area contributed by atoms with Crippen molar-refractivity contribution in [3.63, 3.8) is 0 Å². The van der Waals surface area contributed by atoms with Gasteiger partial charge in [0.1, 0.15) is 0 Å². The molecule has 1 aliphatic heterocycles. The maximum Gasteiger partial charge on any atom is 0.160 e. The molecule has 0 saturated carbocycles. The van der Waals surface area contributed by atoms with Gasteiger partial charge in [0.15, 0.2) is 5.82 Å². The van der Waals surface area contributed by atoms with E-state index in [2.05, 4.69) is 138 Å². The van der Waals surface area contributed by atoms with Crippen molar-refractivity contribution in [3.05, 3.63) is 198 Å². The molecule has 8 aromatic rings. The number of rotatable bonds is 4. The Bertz CT molecular complexity index is 2480. The maximum absolute atomic E-state index is 5.19. The van der Waals surface area contributed by atoms with Crippen molar-refractivity contribution < 1.29 is 0 Å². The second-order valence-corrected chi connectivity index (χ2v) is 13.8. The fourth-order valence-electron chi connectivity index (χ4n) is 7.93. The van der Waals surface area contributed by atoms with Crippen molar-refractivity contribution in [3.8, 4) is 56.3 Å². The van der Waals surface area contributed by atoms with Crippen LogP contribution < -0.4 is 0 Å². The van der Waals surface area contributed by atoms with Gasteiger partial charge >= 0.3 is 0 Å². The fraction of sp³-hybridized carbons (Fsp3) is 0.0217. The van der Waals surface area contributed by atoms with E-state index in [1.165, 1.54) is 43.2 Å². The summed E-state index contributed by atoms with van der Waals surface area (Å²) in [6.07, 6.45) is 1.81. The van der Waals surface area contributed by atoms with E-state index in [0.717, 1.165) is 39.3 Å². The Labute approximate surface area is 295 Å². The number of hydrogen-bond acceptors (Lipinski definition) is 4. The summed E-state index contributed by atoms with van der Waals surface area (Å²) < 4.78 is 0. The maximum atomic E-state index is 5.19. The predicted molar refractivity (Wildman–Crippen MR) is 203 cm³/mol. The Morgan fingerprint density at radius 3 is 1.72 bits per heavy atom. The normalized spacial score (nSPS) is 13.3. The van der Waals surface area contributed by atoms with Crippen molar-refractivity contribution in [2.75, 3.05) is 0 Å². The average molecular weight is 656 g/mol. The van der Waals surface area contributed by atoms with Crippen molar-refractivity contribution in [1.82, 2.24) is 15.0 Å². The highest BCUT2D eigenvalue weighted by atomic mass is 32.2. The zero-order valence-electron chi connectivity index (χ0n) is 27.0. The highest BCUT2D eigenvalue weighted by Crippen LogP contribution is 2.62. The van der Waals surface area contributed by atoms with Gasteiger partial charge in [-0.2, -0.15) is 0 Å². The third-order valence-corrected chi connectivity index (χ3v) is 11.2. The van der Waals surface area contributed by atoms with Crippen LogP contribution in [0.25, 0.3) is 56.3 Å². The third kappa shape index (κ3) is 4.35. The number of nitrogens with zero attached hydrogens (tertiary/aromatic N) is 3. The molecule has 0 radical (unpaired) electrons. The topological polar surface area (TPSA) is 38.7 Å². The lowest BCUT2D eigenvalue weighted by atomic mass is 9.67. The fourth-order valence-corrected chi connectivity index (χ4v) is 9.10. The zero-order chi connectivity index (χ0) is 33.1. The molecule has 10 rings (SSSR count). The number of benzene rings is 6. The quantitative estimate of drug-likeness (QED) is 0.189. The van der Waals surface area contributed by atoms with Crippen molar-refractivity contribution in [2.24, 2.45) is 0 Å². The van der Waals surface area contributed by atoms with Crippen LogP contribution in [0.5, 0.6) is 0 Å². The van der Waals surface area contributed by atoms with Gasteiger partial charge in [-0.05, 0) is 80.9 Å². The van der Waals surface area contributed by atoms with Gasteiger partial charge in [0.2, 0.25) is 0 Å². The molecule has 0 fully saturated rings. The van der Waals surface area contributed by atoms with Crippen LogP contribution in [0, 0.1) is 0 Å². The highest BCUT2D eigenvalue weighted by Gasteiger charge is 2.50. The van der Waals surface area contributed by atoms with Crippen LogP contribution in [0.4, 0.5) is 0 Å². The predicted octanol–water partition coefficient (Wildman–Crippen LogP) is 11.4. The highest BCUT2D eigenvalue weighted by molar-refractivity contribution is 7.99. The van der Waals surface area contributed by atoms with Gasteiger partial charge < -0.3 is 0 Å². The van der Waals surface area contributed by atoms with Crippen molar-refractivity contribution >= 4 is 11.8 Å². The molecule has 4 heteroatoms. The van der Waals surface area contributed by atoms with Gasteiger partial charge in [-0.3, -0.25) is 4.98 Å². The van der Waals surface area contributed by atoms with Crippen LogP contribution in [-0.2, 0) is 5.41 Å². The summed E-state index contributed by atoms with van der Waals surface area (Å²) in [4.78, 5) is 17.4. The summed E-state index contributed by atoms with van der Waals surface area (Å²) in [5, 5.41) is 0. The number of aromatic nitrogens is 3. The molecule has 0 saturated heterocycles. The molecule has 1 aliphatic carbocycles. The van der Waals surface area contributed by atoms with Gasteiger partial charge in [-0.25, -0.2) is 9.97 Å². The molecule has 3 heterocycles. The van der Waals surface area contributed by atoms with E-state index in [9.17, 15) is 0 Å². The minimum atomic E-state index is -0.434. The summed E-state index contributed by atoms with van der Waals surface area (Å²) in [6, 6.07) is 60.7. The SMILES string of the molecule is c1ccc(-c2nc(-c3ccccn3)cc(-c3ccccc3-c3ccc4c(c3)C3(c5ccccc5S4)c4ccccc4-c4ccccc43)n2)cc1. The lowest BCUT2D eigenvalue weighted by molar-refractivity contribution is 0.723. The van der Waals surface area contributed by atoms with E-state index in [1.54, 1.807) is 0 Å². The molecule has 3 nitrogen and oxygen atoms in total. The van der Waals surface area contributed by atoms with Crippen LogP contribution in [0.15, 0.2) is 186 Å². The molecule has 0 N–H and O–H groups in total. The average Bonchev–Trinajstić information content (AvgIpc) is 3.49. The van der Waals surface area contributed by atoms with E-state index in [4.69, 9.17) is 9.97 Å². The first-order valence-electron chi connectivity index (χ1n) is 16.9. The van der Waals surface area contributed by atoms with E-state index in [-0.39, 0.29) is 0 Å². The summed E-state index contributed by atoms with van der Waals surface area (Å²) in [7, 11) is 0. The Balaban J connectivity index is 1.21. The van der Waals surface area contributed by atoms with E-state index in [0.29, 0.717) is 5.82 Å². The van der Waals surface area contributed by atoms with Crippen LogP contribution in [0.1, 0.15) is 22.3 Å². The van der Waals surface area contributed by atoms with Gasteiger partial charge in [0.25, 0.3) is 0 Å². The first-order chi connectivity index (χ1) is 24.8. The Morgan fingerprint density at radius 1 is 0.380 bits per heavy atom. The molecule has 0 unspecified atom stereocenters. The second kappa shape index (κ2) is 11.5. The van der Waals surface area contributed by atoms with E-state index in [1.807, 2.05) is 54.4 Å². The summed E-state index contributed by atoms with van der Waals surface area (Å²) >= 11 is 1.87. The largest absolute Gasteiger partial charge is 0.255 e. The lowest BCUT2D eigenvalue weighted by Crippen LogP contribution is -2.32. The van der Waals surface area contributed by atoms with Crippen LogP contribution >= 0.6 is 11.8 Å². The molecule has 1 spiro atoms. The molecule has 6 aromatic carbocycles.